The van der Waals surface area contributed by atoms with E-state index in [4.69, 9.17) is 4.99 Å². The fourth-order valence-corrected chi connectivity index (χ4v) is 7.54. The Hall–Kier alpha value is -6.80. The van der Waals surface area contributed by atoms with E-state index in [9.17, 15) is 13.2 Å². The second-order valence-corrected chi connectivity index (χ2v) is 12.9. The lowest BCUT2D eigenvalue weighted by atomic mass is 10.1. The number of aromatic nitrogens is 2. The molecule has 1 aliphatic heterocycles. The van der Waals surface area contributed by atoms with Crippen LogP contribution in [0.2, 0.25) is 0 Å². The lowest BCUT2D eigenvalue weighted by Crippen LogP contribution is -2.41. The first kappa shape index (κ1) is 30.1. The highest BCUT2D eigenvalue weighted by Gasteiger charge is 2.33. The van der Waals surface area contributed by atoms with Gasteiger partial charge in [0.15, 0.2) is 5.84 Å². The molecule has 7 aromatic carbocycles. The van der Waals surface area contributed by atoms with Gasteiger partial charge in [0.2, 0.25) is 0 Å². The summed E-state index contributed by atoms with van der Waals surface area (Å²) in [6, 6.07) is 52.8. The van der Waals surface area contributed by atoms with Crippen LogP contribution in [0.25, 0.3) is 55.0 Å². The van der Waals surface area contributed by atoms with Gasteiger partial charge in [-0.15, -0.1) is 0 Å². The van der Waals surface area contributed by atoms with Crippen LogP contribution < -0.4 is 10.4 Å². The molecule has 3 heterocycles. The summed E-state index contributed by atoms with van der Waals surface area (Å²) in [5, 5.41) is 6.34. The number of hydrogen-bond acceptors (Lipinski definition) is 3. The van der Waals surface area contributed by atoms with E-state index in [1.807, 2.05) is 97.1 Å². The van der Waals surface area contributed by atoms with E-state index in [2.05, 4.69) is 63.1 Å². The van der Waals surface area contributed by atoms with Gasteiger partial charge in [-0.25, -0.2) is 4.99 Å². The van der Waals surface area contributed by atoms with E-state index < -0.39 is 11.7 Å². The van der Waals surface area contributed by atoms with E-state index >= 15 is 0 Å². The van der Waals surface area contributed by atoms with Crippen molar-refractivity contribution < 1.29 is 13.2 Å². The maximum Gasteiger partial charge on any atom is 0.416 e. The van der Waals surface area contributed by atoms with Gasteiger partial charge in [0.1, 0.15) is 0 Å². The summed E-state index contributed by atoms with van der Waals surface area (Å²) in [6.45, 7) is 0. The quantitative estimate of drug-likeness (QED) is 0.200. The van der Waals surface area contributed by atoms with Crippen molar-refractivity contribution in [2.24, 2.45) is 4.99 Å². The summed E-state index contributed by atoms with van der Waals surface area (Å²) in [4.78, 5) is 4.82. The molecule has 0 aliphatic carbocycles. The van der Waals surface area contributed by atoms with Crippen molar-refractivity contribution in [3.8, 4) is 11.4 Å². The van der Waals surface area contributed by atoms with Crippen molar-refractivity contribution >= 4 is 66.5 Å². The number of aliphatic imine (C=N–C) groups is 1. The minimum absolute atomic E-state index is 0.310. The Morgan fingerprint density at radius 1 is 0.462 bits per heavy atom. The second-order valence-electron chi connectivity index (χ2n) is 12.9. The highest BCUT2D eigenvalue weighted by atomic mass is 19.4. The summed E-state index contributed by atoms with van der Waals surface area (Å²) in [7, 11) is 0. The van der Waals surface area contributed by atoms with Gasteiger partial charge in [-0.05, 0) is 91.0 Å². The van der Waals surface area contributed by atoms with Crippen molar-refractivity contribution in [1.29, 1.82) is 0 Å². The Balaban J connectivity index is 1.05. The first-order valence-electron chi connectivity index (χ1n) is 17.0. The number of benzene rings is 7. The zero-order valence-corrected chi connectivity index (χ0v) is 27.5. The second kappa shape index (κ2) is 11.4. The summed E-state index contributed by atoms with van der Waals surface area (Å²) in [5.41, 5.74) is 11.1. The standard InChI is InChI=1S/C44H28F3N5/c45-44(46,47)29-19-26-37-42(27-29)52(32-24-22-31(23-25-32)51-40-15-7-3-11-35(40)36-12-4-8-16-41(36)51)49-43(48-37)28-17-20-30(21-18-28)50-38-13-5-1-9-33(38)34-10-2-6-14-39(34)50/h1-27H,(H,48,49). The van der Waals surface area contributed by atoms with Gasteiger partial charge in [-0.3, -0.25) is 10.4 Å². The van der Waals surface area contributed by atoms with Crippen molar-refractivity contribution in [3.05, 3.63) is 175 Å². The summed E-state index contributed by atoms with van der Waals surface area (Å²) < 4.78 is 46.3. The average Bonchev–Trinajstić information content (AvgIpc) is 3.70. The molecule has 10 rings (SSSR count). The number of halogens is 3. The smallest absolute Gasteiger partial charge is 0.309 e. The molecule has 9 aromatic rings. The third-order valence-corrected chi connectivity index (χ3v) is 9.92. The highest BCUT2D eigenvalue weighted by Crippen LogP contribution is 2.42. The lowest BCUT2D eigenvalue weighted by molar-refractivity contribution is -0.137. The number of hydrogen-bond donors (Lipinski definition) is 1. The number of nitrogens with one attached hydrogen (secondary N) is 1. The van der Waals surface area contributed by atoms with Crippen LogP contribution >= 0.6 is 0 Å². The number of rotatable bonds is 4. The predicted molar refractivity (Wildman–Crippen MR) is 204 cm³/mol. The zero-order valence-electron chi connectivity index (χ0n) is 27.5. The molecule has 0 unspecified atom stereocenters. The fraction of sp³-hybridized carbons (Fsp3) is 0.0227. The third-order valence-electron chi connectivity index (χ3n) is 9.92. The first-order valence-corrected chi connectivity index (χ1v) is 17.0. The molecule has 0 amide bonds. The van der Waals surface area contributed by atoms with Gasteiger partial charge in [-0.2, -0.15) is 13.2 Å². The molecule has 0 atom stereocenters. The molecule has 0 bridgehead atoms. The molecule has 2 aromatic heterocycles. The number of alkyl halides is 3. The number of para-hydroxylation sites is 4. The molecule has 52 heavy (non-hydrogen) atoms. The van der Waals surface area contributed by atoms with Gasteiger partial charge in [-0.1, -0.05) is 72.8 Å². The molecule has 0 saturated heterocycles. The lowest BCUT2D eigenvalue weighted by Gasteiger charge is -2.32. The van der Waals surface area contributed by atoms with Crippen LogP contribution in [-0.4, -0.2) is 15.0 Å². The molecule has 0 radical (unpaired) electrons. The topological polar surface area (TPSA) is 37.5 Å². The SMILES string of the molecule is FC(F)(F)c1ccc2c(c1)N(c1ccc(-n3c4ccccc4c4ccccc43)cc1)NC(c1ccc(-n3c4ccccc4c4ccccc43)cc1)=N2. The van der Waals surface area contributed by atoms with Crippen molar-refractivity contribution in [2.45, 2.75) is 6.18 Å². The van der Waals surface area contributed by atoms with Crippen molar-refractivity contribution in [3.63, 3.8) is 0 Å². The van der Waals surface area contributed by atoms with E-state index in [-0.39, 0.29) is 0 Å². The van der Waals surface area contributed by atoms with Crippen LogP contribution in [0.5, 0.6) is 0 Å². The summed E-state index contributed by atoms with van der Waals surface area (Å²) >= 11 is 0. The molecular formula is C44H28F3N5. The molecule has 250 valence electrons. The van der Waals surface area contributed by atoms with E-state index in [1.165, 1.54) is 16.8 Å². The van der Waals surface area contributed by atoms with Gasteiger partial charge >= 0.3 is 6.18 Å². The fourth-order valence-electron chi connectivity index (χ4n) is 7.54. The minimum atomic E-state index is -4.51. The molecule has 1 N–H and O–H groups in total. The number of amidine groups is 1. The Kier molecular flexibility index (Phi) is 6.57. The Bertz CT molecular complexity index is 2760. The van der Waals surface area contributed by atoms with Gasteiger partial charge in [0, 0.05) is 38.5 Å². The van der Waals surface area contributed by atoms with Crippen LogP contribution in [0.1, 0.15) is 11.1 Å². The Morgan fingerprint density at radius 3 is 1.35 bits per heavy atom. The van der Waals surface area contributed by atoms with Crippen LogP contribution in [-0.2, 0) is 6.18 Å². The summed E-state index contributed by atoms with van der Waals surface area (Å²) in [5.74, 6) is 0.521. The van der Waals surface area contributed by atoms with E-state index in [1.54, 1.807) is 5.01 Å². The molecule has 8 heteroatoms. The minimum Gasteiger partial charge on any atom is -0.309 e. The average molecular weight is 684 g/mol. The Morgan fingerprint density at radius 2 is 0.885 bits per heavy atom. The molecule has 0 saturated carbocycles. The monoisotopic (exact) mass is 683 g/mol. The molecule has 5 nitrogen and oxygen atoms in total. The maximum absolute atomic E-state index is 14.0. The van der Waals surface area contributed by atoms with Gasteiger partial charge in [0.25, 0.3) is 0 Å². The largest absolute Gasteiger partial charge is 0.416 e. The summed E-state index contributed by atoms with van der Waals surface area (Å²) in [6.07, 6.45) is -4.51. The molecule has 0 spiro atoms. The van der Waals surface area contributed by atoms with Crippen LogP contribution in [0, 0.1) is 0 Å². The molecule has 1 aliphatic rings. The number of anilines is 2. The third kappa shape index (κ3) is 4.68. The molecular weight excluding hydrogens is 656 g/mol. The number of hydrazine groups is 1. The number of nitrogens with zero attached hydrogens (tertiary/aromatic N) is 4. The normalized spacial score (nSPS) is 13.1. The van der Waals surface area contributed by atoms with E-state index in [0.29, 0.717) is 22.9 Å². The van der Waals surface area contributed by atoms with Crippen LogP contribution in [0.4, 0.5) is 30.2 Å². The first-order chi connectivity index (χ1) is 25.4. The highest BCUT2D eigenvalue weighted by molar-refractivity contribution is 6.10. The van der Waals surface area contributed by atoms with Crippen molar-refractivity contribution in [1.82, 2.24) is 14.6 Å². The zero-order chi connectivity index (χ0) is 35.0. The van der Waals surface area contributed by atoms with Crippen molar-refractivity contribution in [2.75, 3.05) is 5.01 Å². The molecule has 0 fully saturated rings. The van der Waals surface area contributed by atoms with Crippen LogP contribution in [0.3, 0.4) is 0 Å². The maximum atomic E-state index is 14.0. The predicted octanol–water partition coefficient (Wildman–Crippen LogP) is 11.6. The number of fused-ring (bicyclic) bond motifs is 7. The Labute approximate surface area is 296 Å². The van der Waals surface area contributed by atoms with Gasteiger partial charge in [0.05, 0.1) is 44.7 Å². The van der Waals surface area contributed by atoms with Gasteiger partial charge < -0.3 is 9.13 Å². The van der Waals surface area contributed by atoms with Crippen LogP contribution in [0.15, 0.2) is 169 Å². The van der Waals surface area contributed by atoms with E-state index in [0.717, 1.165) is 61.9 Å².